The quantitative estimate of drug-likeness (QED) is 0.0821. The largest absolute Gasteiger partial charge is 0.416 e. The Morgan fingerprint density at radius 1 is 0.820 bits per heavy atom. The number of hydrogen-bond donors (Lipinski definition) is 1. The van der Waals surface area contributed by atoms with E-state index in [9.17, 15) is 4.79 Å². The fourth-order valence-electron chi connectivity index (χ4n) is 6.10. The Morgan fingerprint density at radius 3 is 2.12 bits per heavy atom. The second-order valence-electron chi connectivity index (χ2n) is 13.2. The average molecular weight is 710 g/mol. The number of thiophene rings is 1. The van der Waals surface area contributed by atoms with Gasteiger partial charge in [0.15, 0.2) is 0 Å². The van der Waals surface area contributed by atoms with E-state index in [1.807, 2.05) is 6.07 Å². The molecule has 1 aliphatic heterocycles. The molecule has 2 heterocycles. The van der Waals surface area contributed by atoms with Crippen LogP contribution >= 0.6 is 11.3 Å². The van der Waals surface area contributed by atoms with E-state index in [0.29, 0.717) is 44.5 Å². The van der Waals surface area contributed by atoms with E-state index in [0.717, 1.165) is 68.9 Å². The van der Waals surface area contributed by atoms with Gasteiger partial charge in [-0.2, -0.15) is 0 Å². The highest BCUT2D eigenvalue weighted by Gasteiger charge is 2.49. The molecular formula is C41H59NO7S. The molecule has 50 heavy (non-hydrogen) atoms. The summed E-state index contributed by atoms with van der Waals surface area (Å²) in [6.07, 6.45) is 5.66. The topological polar surface area (TPSA) is 84.5 Å². The number of amides is 1. The van der Waals surface area contributed by atoms with Gasteiger partial charge in [0.05, 0.1) is 12.4 Å². The fraction of sp³-hybridized carbons (Fsp3) is 0.585. The summed E-state index contributed by atoms with van der Waals surface area (Å²) in [7, 11) is 0. The number of carbonyl (C=O) groups is 1. The summed E-state index contributed by atoms with van der Waals surface area (Å²) in [5.74, 6) is 0.306. The van der Waals surface area contributed by atoms with E-state index in [1.165, 1.54) is 15.0 Å². The standard InChI is InChI=1S/C41H59NO7S/c1-7-11-21-44-28-35-38(45-22-12-8-2)40(47-24-14-10-4)39(46-23-13-9-3)37(49-35)33-26-30(19-20-34(33)42-41(43)48-29(5)6)25-32-27-31-17-15-16-18-36(31)50-32/h15-20,26-27,35,37-40H,5,7-14,21-25,28H2,1-4,6H3,(H,42,43)/t35-,37+,38-,39+,40+/m1/s1. The van der Waals surface area contributed by atoms with Crippen molar-refractivity contribution < 1.29 is 33.2 Å². The summed E-state index contributed by atoms with van der Waals surface area (Å²) < 4.78 is 40.0. The molecule has 5 atom stereocenters. The first kappa shape index (κ1) is 40.0. The summed E-state index contributed by atoms with van der Waals surface area (Å²) in [5.41, 5.74) is 2.49. The molecule has 0 bridgehead atoms. The minimum atomic E-state index is -0.605. The van der Waals surface area contributed by atoms with E-state index >= 15 is 0 Å². The van der Waals surface area contributed by atoms with E-state index < -0.39 is 30.5 Å². The van der Waals surface area contributed by atoms with Crippen molar-refractivity contribution in [1.82, 2.24) is 0 Å². The van der Waals surface area contributed by atoms with Crippen LogP contribution < -0.4 is 5.32 Å². The summed E-state index contributed by atoms with van der Waals surface area (Å²) in [6.45, 7) is 16.8. The number of benzene rings is 2. The van der Waals surface area contributed by atoms with Crippen LogP contribution in [-0.2, 0) is 34.8 Å². The van der Waals surface area contributed by atoms with Crippen LogP contribution in [-0.4, -0.2) is 63.5 Å². The van der Waals surface area contributed by atoms with Crippen molar-refractivity contribution in [3.8, 4) is 0 Å². The number of hydrogen-bond acceptors (Lipinski definition) is 8. The minimum absolute atomic E-state index is 0.306. The van der Waals surface area contributed by atoms with Gasteiger partial charge in [0, 0.05) is 53.7 Å². The lowest BCUT2D eigenvalue weighted by Gasteiger charge is -2.47. The van der Waals surface area contributed by atoms with Gasteiger partial charge >= 0.3 is 6.09 Å². The number of fused-ring (bicyclic) bond motifs is 1. The Hall–Kier alpha value is -2.79. The summed E-state index contributed by atoms with van der Waals surface area (Å²) in [4.78, 5) is 14.3. The van der Waals surface area contributed by atoms with E-state index in [4.69, 9.17) is 28.4 Å². The highest BCUT2D eigenvalue weighted by Crippen LogP contribution is 2.41. The zero-order valence-electron chi connectivity index (χ0n) is 30.9. The molecule has 0 saturated carbocycles. The van der Waals surface area contributed by atoms with Crippen molar-refractivity contribution in [2.24, 2.45) is 0 Å². The Bertz CT molecular complexity index is 1420. The molecule has 1 saturated heterocycles. The van der Waals surface area contributed by atoms with Gasteiger partial charge in [0.25, 0.3) is 0 Å². The minimum Gasteiger partial charge on any atom is -0.416 e. The average Bonchev–Trinajstić information content (AvgIpc) is 3.51. The fourth-order valence-corrected chi connectivity index (χ4v) is 7.20. The molecule has 0 unspecified atom stereocenters. The molecule has 3 aromatic rings. The second-order valence-corrected chi connectivity index (χ2v) is 14.3. The van der Waals surface area contributed by atoms with Crippen molar-refractivity contribution in [3.05, 3.63) is 76.9 Å². The number of rotatable bonds is 22. The summed E-state index contributed by atoms with van der Waals surface area (Å²) >= 11 is 1.80. The molecule has 9 heteroatoms. The predicted octanol–water partition coefficient (Wildman–Crippen LogP) is 10.4. The van der Waals surface area contributed by atoms with E-state index in [1.54, 1.807) is 18.3 Å². The van der Waals surface area contributed by atoms with Crippen LogP contribution in [0.1, 0.15) is 108 Å². The molecule has 0 spiro atoms. The molecule has 1 N–H and O–H groups in total. The van der Waals surface area contributed by atoms with Gasteiger partial charge in [0.2, 0.25) is 0 Å². The van der Waals surface area contributed by atoms with Crippen LogP contribution in [0.25, 0.3) is 10.1 Å². The molecule has 1 fully saturated rings. The maximum Gasteiger partial charge on any atom is 0.416 e. The molecule has 0 radical (unpaired) electrons. The molecule has 276 valence electrons. The third-order valence-electron chi connectivity index (χ3n) is 8.76. The van der Waals surface area contributed by atoms with E-state index in [-0.39, 0.29) is 6.10 Å². The number of nitrogens with one attached hydrogen (secondary N) is 1. The molecule has 8 nitrogen and oxygen atoms in total. The highest BCUT2D eigenvalue weighted by molar-refractivity contribution is 7.19. The van der Waals surface area contributed by atoms with Gasteiger partial charge < -0.3 is 28.4 Å². The molecule has 1 aliphatic rings. The van der Waals surface area contributed by atoms with Crippen LogP contribution in [0.15, 0.2) is 60.9 Å². The number of ether oxygens (including phenoxy) is 6. The van der Waals surface area contributed by atoms with Crippen molar-refractivity contribution in [2.75, 3.05) is 38.4 Å². The number of unbranched alkanes of at least 4 members (excludes halogenated alkanes) is 4. The first-order chi connectivity index (χ1) is 24.4. The van der Waals surface area contributed by atoms with Gasteiger partial charge in [-0.1, -0.05) is 90.3 Å². The summed E-state index contributed by atoms with van der Waals surface area (Å²) in [6, 6.07) is 16.8. The Labute approximate surface area is 303 Å². The Kier molecular flexibility index (Phi) is 17.2. The number of carbonyl (C=O) groups excluding carboxylic acids is 1. The van der Waals surface area contributed by atoms with Crippen LogP contribution in [0.3, 0.4) is 0 Å². The van der Waals surface area contributed by atoms with Gasteiger partial charge in [-0.05, 0) is 61.8 Å². The van der Waals surface area contributed by atoms with Crippen LogP contribution in [0.2, 0.25) is 0 Å². The third kappa shape index (κ3) is 11.9. The molecule has 1 amide bonds. The maximum absolute atomic E-state index is 13.0. The Balaban J connectivity index is 1.79. The predicted molar refractivity (Wildman–Crippen MR) is 203 cm³/mol. The van der Waals surface area contributed by atoms with Crippen LogP contribution in [0.5, 0.6) is 0 Å². The van der Waals surface area contributed by atoms with Gasteiger partial charge in [0.1, 0.15) is 30.5 Å². The monoisotopic (exact) mass is 709 g/mol. The second kappa shape index (κ2) is 21.5. The van der Waals surface area contributed by atoms with Crippen molar-refractivity contribution >= 4 is 33.2 Å². The van der Waals surface area contributed by atoms with Crippen LogP contribution in [0.4, 0.5) is 10.5 Å². The van der Waals surface area contributed by atoms with E-state index in [2.05, 4.69) is 82.1 Å². The molecule has 2 aromatic carbocycles. The van der Waals surface area contributed by atoms with Crippen LogP contribution in [0, 0.1) is 0 Å². The van der Waals surface area contributed by atoms with Gasteiger partial charge in [-0.15, -0.1) is 11.3 Å². The molecular weight excluding hydrogens is 651 g/mol. The first-order valence-corrected chi connectivity index (χ1v) is 19.5. The smallest absolute Gasteiger partial charge is 0.416 e. The molecule has 1 aromatic heterocycles. The SMILES string of the molecule is C=C(C)OC(=O)Nc1ccc(Cc2cc3ccccc3s2)cc1[C@@H]1O[C@H](COCCCC)[C@@H](OCCCC)[C@H](OCCCC)[C@H]1OCCCC. The lowest BCUT2D eigenvalue weighted by atomic mass is 9.88. The third-order valence-corrected chi connectivity index (χ3v) is 9.88. The molecule has 0 aliphatic carbocycles. The summed E-state index contributed by atoms with van der Waals surface area (Å²) in [5, 5.41) is 4.21. The highest BCUT2D eigenvalue weighted by atomic mass is 32.1. The zero-order valence-corrected chi connectivity index (χ0v) is 31.7. The molecule has 4 rings (SSSR count). The van der Waals surface area contributed by atoms with Gasteiger partial charge in [-0.25, -0.2) is 4.79 Å². The van der Waals surface area contributed by atoms with Crippen molar-refractivity contribution in [3.63, 3.8) is 0 Å². The van der Waals surface area contributed by atoms with Crippen molar-refractivity contribution in [2.45, 2.75) is 123 Å². The Morgan fingerprint density at radius 2 is 1.46 bits per heavy atom. The zero-order chi connectivity index (χ0) is 35.7. The van der Waals surface area contributed by atoms with Gasteiger partial charge in [-0.3, -0.25) is 5.32 Å². The number of allylic oxidation sites excluding steroid dienone is 1. The van der Waals surface area contributed by atoms with Crippen molar-refractivity contribution in [1.29, 1.82) is 0 Å². The normalized spacial score (nSPS) is 20.6. The lowest BCUT2D eigenvalue weighted by Crippen LogP contribution is -2.58. The maximum atomic E-state index is 13.0. The number of anilines is 1. The lowest BCUT2D eigenvalue weighted by molar-refractivity contribution is -0.268. The first-order valence-electron chi connectivity index (χ1n) is 18.7.